The lowest BCUT2D eigenvalue weighted by Crippen LogP contribution is -2.05. The van der Waals surface area contributed by atoms with Crippen LogP contribution < -0.4 is 4.74 Å². The van der Waals surface area contributed by atoms with E-state index >= 15 is 0 Å². The molecule has 2 aromatic heterocycles. The van der Waals surface area contributed by atoms with Gasteiger partial charge in [-0.1, -0.05) is 0 Å². The summed E-state index contributed by atoms with van der Waals surface area (Å²) in [6.07, 6.45) is 1.50. The lowest BCUT2D eigenvalue weighted by molar-refractivity contribution is 0.0468. The van der Waals surface area contributed by atoms with Gasteiger partial charge in [-0.3, -0.25) is 0 Å². The third-order valence-corrected chi connectivity index (χ3v) is 4.78. The van der Waals surface area contributed by atoms with E-state index in [2.05, 4.69) is 9.97 Å². The maximum Gasteiger partial charge on any atom is 0.338 e. The van der Waals surface area contributed by atoms with Crippen molar-refractivity contribution in [2.24, 2.45) is 0 Å². The lowest BCUT2D eigenvalue weighted by Gasteiger charge is -2.03. The number of carbonyl (C=O) groups is 1. The normalized spacial score (nSPS) is 11.0. The number of esters is 1. The number of ether oxygens (including phenoxy) is 2. The van der Waals surface area contributed by atoms with Crippen LogP contribution in [0.2, 0.25) is 0 Å². The number of benzene rings is 2. The highest BCUT2D eigenvalue weighted by Gasteiger charge is 2.13. The SMILES string of the molecule is COc1ccc(-c2nc(COC(=O)c3ccc4[nH]c(C)c(C)c4c3)co2)cc1. The number of oxazole rings is 1. The van der Waals surface area contributed by atoms with E-state index in [0.717, 1.165) is 33.5 Å². The van der Waals surface area contributed by atoms with Gasteiger partial charge in [0.15, 0.2) is 0 Å². The Labute approximate surface area is 162 Å². The van der Waals surface area contributed by atoms with Crippen LogP contribution in [0.4, 0.5) is 0 Å². The van der Waals surface area contributed by atoms with Crippen molar-refractivity contribution >= 4 is 16.9 Å². The molecule has 0 saturated heterocycles. The van der Waals surface area contributed by atoms with Gasteiger partial charge in [0.2, 0.25) is 5.89 Å². The first kappa shape index (κ1) is 17.9. The Bertz CT molecular complexity index is 1140. The van der Waals surface area contributed by atoms with Gasteiger partial charge >= 0.3 is 5.97 Å². The molecule has 0 unspecified atom stereocenters. The molecule has 6 nitrogen and oxygen atoms in total. The van der Waals surface area contributed by atoms with Crippen LogP contribution in [0, 0.1) is 13.8 Å². The Hall–Kier alpha value is -3.54. The minimum Gasteiger partial charge on any atom is -0.497 e. The van der Waals surface area contributed by atoms with Gasteiger partial charge in [0.25, 0.3) is 0 Å². The second-order valence-corrected chi connectivity index (χ2v) is 6.58. The zero-order valence-electron chi connectivity index (χ0n) is 15.9. The van der Waals surface area contributed by atoms with Crippen LogP contribution in [0.1, 0.15) is 27.3 Å². The maximum absolute atomic E-state index is 12.4. The summed E-state index contributed by atoms with van der Waals surface area (Å²) in [5.41, 5.74) is 5.11. The number of rotatable bonds is 5. The van der Waals surface area contributed by atoms with E-state index in [9.17, 15) is 4.79 Å². The minimum absolute atomic E-state index is 0.0433. The number of nitrogens with one attached hydrogen (secondary N) is 1. The summed E-state index contributed by atoms with van der Waals surface area (Å²) in [7, 11) is 1.61. The zero-order chi connectivity index (χ0) is 19.7. The third-order valence-electron chi connectivity index (χ3n) is 4.78. The molecule has 0 bridgehead atoms. The number of aryl methyl sites for hydroxylation is 2. The second kappa shape index (κ2) is 7.23. The lowest BCUT2D eigenvalue weighted by atomic mass is 10.1. The monoisotopic (exact) mass is 376 g/mol. The highest BCUT2D eigenvalue weighted by molar-refractivity contribution is 5.96. The Balaban J connectivity index is 1.45. The summed E-state index contributed by atoms with van der Waals surface area (Å²) >= 11 is 0. The van der Waals surface area contributed by atoms with E-state index in [0.29, 0.717) is 17.1 Å². The molecule has 2 aromatic carbocycles. The molecule has 4 aromatic rings. The van der Waals surface area contributed by atoms with Gasteiger partial charge in [0.1, 0.15) is 24.3 Å². The fourth-order valence-electron chi connectivity index (χ4n) is 3.05. The Kier molecular flexibility index (Phi) is 4.61. The molecule has 0 spiro atoms. The highest BCUT2D eigenvalue weighted by atomic mass is 16.5. The molecule has 6 heteroatoms. The molecule has 4 rings (SSSR count). The van der Waals surface area contributed by atoms with Crippen molar-refractivity contribution in [2.75, 3.05) is 7.11 Å². The van der Waals surface area contributed by atoms with Crippen molar-refractivity contribution in [1.82, 2.24) is 9.97 Å². The van der Waals surface area contributed by atoms with Gasteiger partial charge in [0, 0.05) is 22.2 Å². The number of aromatic nitrogens is 2. The molecule has 0 aliphatic carbocycles. The molecule has 0 amide bonds. The fraction of sp³-hybridized carbons (Fsp3) is 0.182. The van der Waals surface area contributed by atoms with E-state index in [1.807, 2.05) is 50.2 Å². The fourth-order valence-corrected chi connectivity index (χ4v) is 3.05. The summed E-state index contributed by atoms with van der Waals surface area (Å²) in [6, 6.07) is 12.9. The molecule has 0 aliphatic rings. The van der Waals surface area contributed by atoms with Crippen molar-refractivity contribution < 1.29 is 18.7 Å². The first-order chi connectivity index (χ1) is 13.5. The predicted octanol–water partition coefficient (Wildman–Crippen LogP) is 4.81. The van der Waals surface area contributed by atoms with Gasteiger partial charge in [-0.05, 0) is 61.9 Å². The summed E-state index contributed by atoms with van der Waals surface area (Å²) in [4.78, 5) is 20.1. The van der Waals surface area contributed by atoms with Gasteiger partial charge in [0.05, 0.1) is 12.7 Å². The molecule has 0 saturated carbocycles. The molecule has 0 atom stereocenters. The van der Waals surface area contributed by atoms with Crippen molar-refractivity contribution in [3.05, 3.63) is 71.2 Å². The van der Waals surface area contributed by atoms with Crippen molar-refractivity contribution in [3.63, 3.8) is 0 Å². The van der Waals surface area contributed by atoms with Crippen molar-refractivity contribution in [3.8, 4) is 17.2 Å². The highest BCUT2D eigenvalue weighted by Crippen LogP contribution is 2.24. The minimum atomic E-state index is -0.394. The quantitative estimate of drug-likeness (QED) is 0.506. The van der Waals surface area contributed by atoms with E-state index in [-0.39, 0.29) is 6.61 Å². The number of aromatic amines is 1. The second-order valence-electron chi connectivity index (χ2n) is 6.58. The largest absolute Gasteiger partial charge is 0.497 e. The van der Waals surface area contributed by atoms with Crippen LogP contribution in [-0.2, 0) is 11.3 Å². The first-order valence-electron chi connectivity index (χ1n) is 8.90. The average Bonchev–Trinajstić information content (AvgIpc) is 3.31. The number of hydrogen-bond donors (Lipinski definition) is 1. The number of fused-ring (bicyclic) bond motifs is 1. The summed E-state index contributed by atoms with van der Waals surface area (Å²) in [6.45, 7) is 4.08. The molecule has 2 heterocycles. The number of H-pyrrole nitrogens is 1. The molecule has 0 aliphatic heterocycles. The number of nitrogens with zero attached hydrogens (tertiary/aromatic N) is 1. The molecular formula is C22H20N2O4. The maximum atomic E-state index is 12.4. The standard InChI is InChI=1S/C22H20N2O4/c1-13-14(2)23-20-9-6-16(10-19(13)20)22(25)28-12-17-11-27-21(24-17)15-4-7-18(26-3)8-5-15/h4-11,23H,12H2,1-3H3. The smallest absolute Gasteiger partial charge is 0.338 e. The molecule has 0 fully saturated rings. The Morgan fingerprint density at radius 3 is 2.68 bits per heavy atom. The van der Waals surface area contributed by atoms with E-state index in [4.69, 9.17) is 13.9 Å². The van der Waals surface area contributed by atoms with E-state index < -0.39 is 5.97 Å². The van der Waals surface area contributed by atoms with Crippen LogP contribution >= 0.6 is 0 Å². The topological polar surface area (TPSA) is 77.4 Å². The molecule has 28 heavy (non-hydrogen) atoms. The van der Waals surface area contributed by atoms with Gasteiger partial charge in [-0.2, -0.15) is 0 Å². The van der Waals surface area contributed by atoms with Gasteiger partial charge in [-0.25, -0.2) is 9.78 Å². The number of hydrogen-bond acceptors (Lipinski definition) is 5. The predicted molar refractivity (Wildman–Crippen MR) is 105 cm³/mol. The van der Waals surface area contributed by atoms with Gasteiger partial charge in [-0.15, -0.1) is 0 Å². The van der Waals surface area contributed by atoms with Crippen LogP contribution in [0.25, 0.3) is 22.4 Å². The summed E-state index contributed by atoms with van der Waals surface area (Å²) in [5, 5.41) is 1.02. The average molecular weight is 376 g/mol. The zero-order valence-corrected chi connectivity index (χ0v) is 15.9. The summed E-state index contributed by atoms with van der Waals surface area (Å²) < 4.78 is 16.0. The Morgan fingerprint density at radius 1 is 1.14 bits per heavy atom. The third kappa shape index (κ3) is 3.36. The van der Waals surface area contributed by atoms with Crippen LogP contribution in [0.15, 0.2) is 53.1 Å². The van der Waals surface area contributed by atoms with Crippen LogP contribution in [-0.4, -0.2) is 23.0 Å². The molecule has 0 radical (unpaired) electrons. The number of methoxy groups -OCH3 is 1. The van der Waals surface area contributed by atoms with Gasteiger partial charge < -0.3 is 18.9 Å². The van der Waals surface area contributed by atoms with E-state index in [1.165, 1.54) is 6.26 Å². The van der Waals surface area contributed by atoms with Crippen molar-refractivity contribution in [1.29, 1.82) is 0 Å². The Morgan fingerprint density at radius 2 is 1.93 bits per heavy atom. The van der Waals surface area contributed by atoms with Crippen LogP contribution in [0.3, 0.4) is 0 Å². The molecule has 142 valence electrons. The molecule has 1 N–H and O–H groups in total. The molecular weight excluding hydrogens is 356 g/mol. The number of carbonyl (C=O) groups excluding carboxylic acids is 1. The van der Waals surface area contributed by atoms with Crippen LogP contribution in [0.5, 0.6) is 5.75 Å². The van der Waals surface area contributed by atoms with Crippen molar-refractivity contribution in [2.45, 2.75) is 20.5 Å². The van der Waals surface area contributed by atoms with E-state index in [1.54, 1.807) is 13.2 Å². The summed E-state index contributed by atoms with van der Waals surface area (Å²) in [5.74, 6) is 0.831. The first-order valence-corrected chi connectivity index (χ1v) is 8.90.